The Labute approximate surface area is 111 Å². The van der Waals surface area contributed by atoms with E-state index in [0.717, 1.165) is 5.56 Å². The average molecular weight is 257 g/mol. The Morgan fingerprint density at radius 3 is 2.47 bits per heavy atom. The van der Waals surface area contributed by atoms with Crippen LogP contribution in [0.3, 0.4) is 0 Å². The van der Waals surface area contributed by atoms with E-state index in [1.54, 1.807) is 31.6 Å². The molecule has 0 fully saturated rings. The number of hydrogen-bond acceptors (Lipinski definition) is 5. The fraction of sp³-hybridized carbons (Fsp3) is 0.231. The van der Waals surface area contributed by atoms with Crippen LogP contribution < -0.4 is 10.6 Å². The highest BCUT2D eigenvalue weighted by Gasteiger charge is 2.08. The molecule has 2 rings (SSSR count). The van der Waals surface area contributed by atoms with Gasteiger partial charge in [0.15, 0.2) is 5.69 Å². The van der Waals surface area contributed by atoms with Crippen LogP contribution in [0, 0.1) is 0 Å². The number of nitrogens with one attached hydrogen (secondary N) is 2. The van der Waals surface area contributed by atoms with Crippen molar-refractivity contribution in [1.82, 2.24) is 20.5 Å². The van der Waals surface area contributed by atoms with Crippen molar-refractivity contribution in [2.45, 2.75) is 13.0 Å². The number of pyridine rings is 1. The number of hydrogen-bond donors (Lipinski definition) is 2. The minimum Gasteiger partial charge on any atom is -0.362 e. The third-order valence-electron chi connectivity index (χ3n) is 2.69. The molecule has 0 aliphatic heterocycles. The minimum absolute atomic E-state index is 0.0863. The lowest BCUT2D eigenvalue weighted by Crippen LogP contribution is -2.20. The fourth-order valence-electron chi connectivity index (χ4n) is 1.62. The molecule has 6 nitrogen and oxygen atoms in total. The van der Waals surface area contributed by atoms with Crippen molar-refractivity contribution in [1.29, 1.82) is 0 Å². The lowest BCUT2D eigenvalue weighted by atomic mass is 10.1. The molecule has 0 aliphatic carbocycles. The van der Waals surface area contributed by atoms with E-state index in [2.05, 4.69) is 25.8 Å². The van der Waals surface area contributed by atoms with E-state index in [9.17, 15) is 4.79 Å². The fourth-order valence-corrected chi connectivity index (χ4v) is 1.62. The number of amides is 1. The van der Waals surface area contributed by atoms with Crippen LogP contribution >= 0.6 is 0 Å². The summed E-state index contributed by atoms with van der Waals surface area (Å²) in [6.45, 7) is 2.02. The summed E-state index contributed by atoms with van der Waals surface area (Å²) in [5, 5.41) is 13.5. The maximum absolute atomic E-state index is 11.3. The minimum atomic E-state index is -0.249. The standard InChI is InChI=1S/C13H15N5O/c1-9(10-5-7-15-8-6-10)16-12-4-3-11(17-18-12)13(19)14-2/h3-9H,1-2H3,(H,14,19)(H,16,18). The van der Waals surface area contributed by atoms with E-state index < -0.39 is 0 Å². The second-order valence-electron chi connectivity index (χ2n) is 4.03. The molecule has 2 N–H and O–H groups in total. The van der Waals surface area contributed by atoms with E-state index in [0.29, 0.717) is 11.5 Å². The van der Waals surface area contributed by atoms with E-state index in [1.807, 2.05) is 19.1 Å². The zero-order chi connectivity index (χ0) is 13.7. The molecule has 0 spiro atoms. The maximum Gasteiger partial charge on any atom is 0.271 e. The van der Waals surface area contributed by atoms with Crippen molar-refractivity contribution in [2.24, 2.45) is 0 Å². The largest absolute Gasteiger partial charge is 0.362 e. The maximum atomic E-state index is 11.3. The predicted octanol–water partition coefficient (Wildman–Crippen LogP) is 1.40. The van der Waals surface area contributed by atoms with Crippen LogP contribution in [0.15, 0.2) is 36.7 Å². The van der Waals surface area contributed by atoms with Gasteiger partial charge in [-0.3, -0.25) is 9.78 Å². The molecule has 1 amide bonds. The van der Waals surface area contributed by atoms with Crippen molar-refractivity contribution in [3.63, 3.8) is 0 Å². The molecule has 19 heavy (non-hydrogen) atoms. The molecule has 1 unspecified atom stereocenters. The highest BCUT2D eigenvalue weighted by Crippen LogP contribution is 2.16. The molecule has 0 bridgehead atoms. The quantitative estimate of drug-likeness (QED) is 0.865. The average Bonchev–Trinajstić information content (AvgIpc) is 2.48. The zero-order valence-corrected chi connectivity index (χ0v) is 10.8. The normalized spacial score (nSPS) is 11.7. The van der Waals surface area contributed by atoms with Gasteiger partial charge in [-0.2, -0.15) is 0 Å². The zero-order valence-electron chi connectivity index (χ0n) is 10.8. The Morgan fingerprint density at radius 2 is 1.89 bits per heavy atom. The molecular formula is C13H15N5O. The van der Waals surface area contributed by atoms with Crippen LogP contribution in [-0.2, 0) is 0 Å². The monoisotopic (exact) mass is 257 g/mol. The first-order chi connectivity index (χ1) is 9.20. The van der Waals surface area contributed by atoms with Crippen molar-refractivity contribution in [3.05, 3.63) is 47.9 Å². The van der Waals surface area contributed by atoms with Crippen molar-refractivity contribution in [3.8, 4) is 0 Å². The van der Waals surface area contributed by atoms with Gasteiger partial charge in [0.2, 0.25) is 0 Å². The summed E-state index contributed by atoms with van der Waals surface area (Å²) in [6.07, 6.45) is 3.49. The molecule has 2 heterocycles. The Morgan fingerprint density at radius 1 is 1.16 bits per heavy atom. The van der Waals surface area contributed by atoms with Crippen LogP contribution in [0.4, 0.5) is 5.82 Å². The predicted molar refractivity (Wildman–Crippen MR) is 71.7 cm³/mol. The van der Waals surface area contributed by atoms with Gasteiger partial charge in [-0.25, -0.2) is 0 Å². The number of anilines is 1. The third kappa shape index (κ3) is 3.25. The number of carbonyl (C=O) groups is 1. The van der Waals surface area contributed by atoms with Gasteiger partial charge in [-0.1, -0.05) is 0 Å². The summed E-state index contributed by atoms with van der Waals surface area (Å²) < 4.78 is 0. The topological polar surface area (TPSA) is 79.8 Å². The van der Waals surface area contributed by atoms with E-state index >= 15 is 0 Å². The lowest BCUT2D eigenvalue weighted by Gasteiger charge is -2.14. The molecule has 0 aromatic carbocycles. The van der Waals surface area contributed by atoms with E-state index in [-0.39, 0.29) is 11.9 Å². The van der Waals surface area contributed by atoms with Gasteiger partial charge in [-0.15, -0.1) is 10.2 Å². The summed E-state index contributed by atoms with van der Waals surface area (Å²) >= 11 is 0. The molecule has 1 atom stereocenters. The molecular weight excluding hydrogens is 242 g/mol. The van der Waals surface area contributed by atoms with Crippen molar-refractivity contribution >= 4 is 11.7 Å². The molecule has 0 saturated heterocycles. The third-order valence-corrected chi connectivity index (χ3v) is 2.69. The lowest BCUT2D eigenvalue weighted by molar-refractivity contribution is 0.0957. The molecule has 2 aromatic rings. The highest BCUT2D eigenvalue weighted by molar-refractivity contribution is 5.91. The first kappa shape index (κ1) is 12.9. The molecule has 0 aliphatic rings. The Hall–Kier alpha value is -2.50. The van der Waals surface area contributed by atoms with Crippen LogP contribution in [0.5, 0.6) is 0 Å². The number of nitrogens with zero attached hydrogens (tertiary/aromatic N) is 3. The summed E-state index contributed by atoms with van der Waals surface area (Å²) in [6, 6.07) is 7.32. The second kappa shape index (κ2) is 5.90. The van der Waals surface area contributed by atoms with Gasteiger partial charge in [0.25, 0.3) is 5.91 Å². The van der Waals surface area contributed by atoms with Crippen LogP contribution in [0.1, 0.15) is 29.0 Å². The van der Waals surface area contributed by atoms with Crippen molar-refractivity contribution in [2.75, 3.05) is 12.4 Å². The van der Waals surface area contributed by atoms with Gasteiger partial charge >= 0.3 is 0 Å². The number of aromatic nitrogens is 3. The molecule has 0 radical (unpaired) electrons. The highest BCUT2D eigenvalue weighted by atomic mass is 16.1. The smallest absolute Gasteiger partial charge is 0.271 e. The Bertz CT molecular complexity index is 541. The van der Waals surface area contributed by atoms with Gasteiger partial charge in [-0.05, 0) is 36.8 Å². The summed E-state index contributed by atoms with van der Waals surface area (Å²) in [5.74, 6) is 0.373. The van der Waals surface area contributed by atoms with Gasteiger partial charge < -0.3 is 10.6 Å². The van der Waals surface area contributed by atoms with E-state index in [4.69, 9.17) is 0 Å². The van der Waals surface area contributed by atoms with Gasteiger partial charge in [0, 0.05) is 19.4 Å². The summed E-state index contributed by atoms with van der Waals surface area (Å²) in [7, 11) is 1.56. The molecule has 98 valence electrons. The van der Waals surface area contributed by atoms with Crippen LogP contribution in [0.25, 0.3) is 0 Å². The molecule has 2 aromatic heterocycles. The van der Waals surface area contributed by atoms with Crippen molar-refractivity contribution < 1.29 is 4.79 Å². The molecule has 6 heteroatoms. The van der Waals surface area contributed by atoms with Gasteiger partial charge in [0.1, 0.15) is 5.82 Å². The van der Waals surface area contributed by atoms with Crippen LogP contribution in [0.2, 0.25) is 0 Å². The van der Waals surface area contributed by atoms with Crippen LogP contribution in [-0.4, -0.2) is 28.1 Å². The second-order valence-corrected chi connectivity index (χ2v) is 4.03. The number of rotatable bonds is 4. The first-order valence-electron chi connectivity index (χ1n) is 5.93. The SMILES string of the molecule is CNC(=O)c1ccc(NC(C)c2ccncc2)nn1. The molecule has 0 saturated carbocycles. The van der Waals surface area contributed by atoms with Gasteiger partial charge in [0.05, 0.1) is 6.04 Å². The number of carbonyl (C=O) groups excluding carboxylic acids is 1. The Balaban J connectivity index is 2.06. The summed E-state index contributed by atoms with van der Waals surface area (Å²) in [5.41, 5.74) is 1.40. The first-order valence-corrected chi connectivity index (χ1v) is 5.93. The van der Waals surface area contributed by atoms with E-state index in [1.165, 1.54) is 0 Å². The summed E-state index contributed by atoms with van der Waals surface area (Å²) in [4.78, 5) is 15.3. The Kier molecular flexibility index (Phi) is 4.02.